The molecule has 0 radical (unpaired) electrons. The Morgan fingerprint density at radius 1 is 0.833 bits per heavy atom. The Morgan fingerprint density at radius 3 is 1.88 bits per heavy atom. The molecule has 0 aromatic heterocycles. The van der Waals surface area contributed by atoms with Crippen molar-refractivity contribution in [1.82, 2.24) is 5.32 Å². The van der Waals surface area contributed by atoms with Crippen LogP contribution in [-0.2, 0) is 18.5 Å². The maximum Gasteiger partial charge on any atom is 0.119 e. The fourth-order valence-electron chi connectivity index (χ4n) is 2.51. The third kappa shape index (κ3) is 6.01. The van der Waals surface area contributed by atoms with Gasteiger partial charge in [0.1, 0.15) is 5.75 Å². The van der Waals surface area contributed by atoms with Crippen molar-refractivity contribution in [3.63, 3.8) is 0 Å². The van der Waals surface area contributed by atoms with E-state index < -0.39 is 0 Å². The van der Waals surface area contributed by atoms with Crippen molar-refractivity contribution in [3.8, 4) is 5.75 Å². The van der Waals surface area contributed by atoms with Crippen molar-refractivity contribution in [2.24, 2.45) is 0 Å². The fourth-order valence-corrected chi connectivity index (χ4v) is 2.51. The molecule has 0 aliphatic carbocycles. The topological polar surface area (TPSA) is 21.3 Å². The van der Waals surface area contributed by atoms with Crippen LogP contribution >= 0.6 is 0 Å². The highest BCUT2D eigenvalue weighted by molar-refractivity contribution is 5.28. The zero-order valence-corrected chi connectivity index (χ0v) is 15.6. The van der Waals surface area contributed by atoms with Crippen LogP contribution in [-0.4, -0.2) is 6.61 Å². The van der Waals surface area contributed by atoms with Crippen molar-refractivity contribution in [2.45, 2.75) is 59.0 Å². The molecule has 130 valence electrons. The lowest BCUT2D eigenvalue weighted by molar-refractivity contribution is 0.309. The van der Waals surface area contributed by atoms with Gasteiger partial charge in [0, 0.05) is 13.1 Å². The van der Waals surface area contributed by atoms with Crippen LogP contribution in [0.4, 0.5) is 0 Å². The average Bonchev–Trinajstić information content (AvgIpc) is 2.56. The molecule has 0 fully saturated rings. The van der Waals surface area contributed by atoms with Gasteiger partial charge >= 0.3 is 0 Å². The third-order valence-electron chi connectivity index (χ3n) is 4.17. The Morgan fingerprint density at radius 2 is 1.38 bits per heavy atom. The van der Waals surface area contributed by atoms with E-state index in [1.807, 2.05) is 0 Å². The van der Waals surface area contributed by atoms with Crippen LogP contribution in [0.1, 0.15) is 57.2 Å². The highest BCUT2D eigenvalue weighted by atomic mass is 16.5. The van der Waals surface area contributed by atoms with Gasteiger partial charge in [-0.2, -0.15) is 0 Å². The number of rotatable bonds is 8. The average molecular weight is 325 g/mol. The lowest BCUT2D eigenvalue weighted by Crippen LogP contribution is -2.14. The van der Waals surface area contributed by atoms with Gasteiger partial charge in [-0.1, -0.05) is 70.5 Å². The predicted molar refractivity (Wildman–Crippen MR) is 103 cm³/mol. The highest BCUT2D eigenvalue weighted by Crippen LogP contribution is 2.22. The quantitative estimate of drug-likeness (QED) is 0.651. The van der Waals surface area contributed by atoms with E-state index in [2.05, 4.69) is 81.5 Å². The van der Waals surface area contributed by atoms with Crippen LogP contribution in [0.15, 0.2) is 48.5 Å². The molecule has 0 amide bonds. The SMILES string of the molecule is CCCCOc1ccc(CNCc2ccc(C(C)(C)C)cc2)cc1. The normalized spacial score (nSPS) is 11.5. The molecule has 2 nitrogen and oxygen atoms in total. The van der Waals surface area contributed by atoms with Gasteiger partial charge in [0.05, 0.1) is 6.61 Å². The predicted octanol–water partition coefficient (Wildman–Crippen LogP) is 5.45. The van der Waals surface area contributed by atoms with Gasteiger partial charge < -0.3 is 10.1 Å². The molecule has 0 spiro atoms. The van der Waals surface area contributed by atoms with Crippen molar-refractivity contribution in [2.75, 3.05) is 6.61 Å². The summed E-state index contributed by atoms with van der Waals surface area (Å²) in [6.45, 7) is 11.5. The highest BCUT2D eigenvalue weighted by Gasteiger charge is 2.12. The fraction of sp³-hybridized carbons (Fsp3) is 0.455. The van der Waals surface area contributed by atoms with E-state index in [1.54, 1.807) is 0 Å². The molecule has 0 heterocycles. The van der Waals surface area contributed by atoms with E-state index >= 15 is 0 Å². The van der Waals surface area contributed by atoms with E-state index in [-0.39, 0.29) is 5.41 Å². The Kier molecular flexibility index (Phi) is 6.86. The molecule has 0 saturated heterocycles. The Hall–Kier alpha value is -1.80. The first-order valence-electron chi connectivity index (χ1n) is 9.01. The molecule has 0 aliphatic rings. The van der Waals surface area contributed by atoms with E-state index in [0.29, 0.717) is 0 Å². The minimum absolute atomic E-state index is 0.215. The molecule has 0 saturated carbocycles. The number of ether oxygens (including phenoxy) is 1. The summed E-state index contributed by atoms with van der Waals surface area (Å²) in [6, 6.07) is 17.3. The lowest BCUT2D eigenvalue weighted by Gasteiger charge is -2.19. The summed E-state index contributed by atoms with van der Waals surface area (Å²) in [4.78, 5) is 0. The van der Waals surface area contributed by atoms with Gasteiger partial charge in [-0.05, 0) is 40.7 Å². The molecular formula is C22H31NO. The largest absolute Gasteiger partial charge is 0.494 e. The maximum absolute atomic E-state index is 5.69. The Bertz CT molecular complexity index is 593. The van der Waals surface area contributed by atoms with Gasteiger partial charge in [0.2, 0.25) is 0 Å². The van der Waals surface area contributed by atoms with Gasteiger partial charge in [-0.3, -0.25) is 0 Å². The summed E-state index contributed by atoms with van der Waals surface area (Å²) < 4.78 is 5.69. The third-order valence-corrected chi connectivity index (χ3v) is 4.17. The number of unbranched alkanes of at least 4 members (excludes halogenated alkanes) is 1. The molecule has 2 aromatic carbocycles. The lowest BCUT2D eigenvalue weighted by atomic mass is 9.87. The smallest absolute Gasteiger partial charge is 0.119 e. The maximum atomic E-state index is 5.69. The second-order valence-corrected chi connectivity index (χ2v) is 7.40. The van der Waals surface area contributed by atoms with Crippen molar-refractivity contribution >= 4 is 0 Å². The molecule has 0 atom stereocenters. The van der Waals surface area contributed by atoms with Gasteiger partial charge in [0.25, 0.3) is 0 Å². The summed E-state index contributed by atoms with van der Waals surface area (Å²) >= 11 is 0. The van der Waals surface area contributed by atoms with E-state index in [0.717, 1.165) is 31.9 Å². The first-order chi connectivity index (χ1) is 11.5. The standard InChI is InChI=1S/C22H31NO/c1-5-6-15-24-21-13-9-19(10-14-21)17-23-16-18-7-11-20(12-8-18)22(2,3)4/h7-14,23H,5-6,15-17H2,1-4H3. The van der Waals surface area contributed by atoms with E-state index in [4.69, 9.17) is 4.74 Å². The number of hydrogen-bond acceptors (Lipinski definition) is 2. The molecular weight excluding hydrogens is 294 g/mol. The van der Waals surface area contributed by atoms with Crippen LogP contribution < -0.4 is 10.1 Å². The summed E-state index contributed by atoms with van der Waals surface area (Å²) in [5, 5.41) is 3.51. The number of nitrogens with one attached hydrogen (secondary N) is 1. The second-order valence-electron chi connectivity index (χ2n) is 7.40. The van der Waals surface area contributed by atoms with Gasteiger partial charge in [-0.15, -0.1) is 0 Å². The first-order valence-corrected chi connectivity index (χ1v) is 9.01. The van der Waals surface area contributed by atoms with Crippen molar-refractivity contribution < 1.29 is 4.74 Å². The summed E-state index contributed by atoms with van der Waals surface area (Å²) in [5.41, 5.74) is 4.20. The van der Waals surface area contributed by atoms with E-state index in [1.165, 1.54) is 23.1 Å². The van der Waals surface area contributed by atoms with Crippen molar-refractivity contribution in [1.29, 1.82) is 0 Å². The Balaban J connectivity index is 1.77. The summed E-state index contributed by atoms with van der Waals surface area (Å²) in [5.74, 6) is 0.963. The molecule has 0 aliphatic heterocycles. The molecule has 2 aromatic rings. The zero-order valence-electron chi connectivity index (χ0n) is 15.6. The van der Waals surface area contributed by atoms with Crippen molar-refractivity contribution in [3.05, 3.63) is 65.2 Å². The monoisotopic (exact) mass is 325 g/mol. The van der Waals surface area contributed by atoms with Crippen LogP contribution in [0.3, 0.4) is 0 Å². The van der Waals surface area contributed by atoms with Gasteiger partial charge in [0.15, 0.2) is 0 Å². The molecule has 0 unspecified atom stereocenters. The molecule has 2 rings (SSSR count). The molecule has 24 heavy (non-hydrogen) atoms. The second kappa shape index (κ2) is 8.89. The summed E-state index contributed by atoms with van der Waals surface area (Å²) in [6.07, 6.45) is 2.27. The van der Waals surface area contributed by atoms with Crippen LogP contribution in [0.2, 0.25) is 0 Å². The number of hydrogen-bond donors (Lipinski definition) is 1. The molecule has 0 bridgehead atoms. The zero-order chi connectivity index (χ0) is 17.4. The van der Waals surface area contributed by atoms with E-state index in [9.17, 15) is 0 Å². The summed E-state index contributed by atoms with van der Waals surface area (Å²) in [7, 11) is 0. The van der Waals surface area contributed by atoms with Crippen LogP contribution in [0.5, 0.6) is 5.75 Å². The Labute approximate surface area is 147 Å². The molecule has 1 N–H and O–H groups in total. The number of benzene rings is 2. The van der Waals surface area contributed by atoms with Crippen LogP contribution in [0, 0.1) is 0 Å². The van der Waals surface area contributed by atoms with Crippen LogP contribution in [0.25, 0.3) is 0 Å². The minimum atomic E-state index is 0.215. The first kappa shape index (κ1) is 18.5. The minimum Gasteiger partial charge on any atom is -0.494 e. The van der Waals surface area contributed by atoms with Gasteiger partial charge in [-0.25, -0.2) is 0 Å². The molecule has 2 heteroatoms.